The molecule has 0 radical (unpaired) electrons. The second-order valence-corrected chi connectivity index (χ2v) is 8.13. The monoisotopic (exact) mass is 400 g/mol. The van der Waals surface area contributed by atoms with Crippen LogP contribution in [0.3, 0.4) is 0 Å². The van der Waals surface area contributed by atoms with Gasteiger partial charge in [0.25, 0.3) is 5.91 Å². The molecule has 1 aliphatic carbocycles. The number of methoxy groups -OCH3 is 1. The van der Waals surface area contributed by atoms with Crippen molar-refractivity contribution >= 4 is 16.9 Å². The summed E-state index contributed by atoms with van der Waals surface area (Å²) in [7, 11) is 1.74. The Balaban J connectivity index is 1.56. The zero-order valence-corrected chi connectivity index (χ0v) is 17.5. The average molecular weight is 401 g/mol. The molecule has 29 heavy (non-hydrogen) atoms. The summed E-state index contributed by atoms with van der Waals surface area (Å²) in [5.74, 6) is 0.112. The molecule has 2 fully saturated rings. The lowest BCUT2D eigenvalue weighted by Crippen LogP contribution is -2.49. The highest BCUT2D eigenvalue weighted by Gasteiger charge is 2.37. The third-order valence-corrected chi connectivity index (χ3v) is 5.76. The van der Waals surface area contributed by atoms with E-state index >= 15 is 0 Å². The molecule has 4 rings (SSSR count). The van der Waals surface area contributed by atoms with E-state index in [9.17, 15) is 4.79 Å². The van der Waals surface area contributed by atoms with Gasteiger partial charge in [0, 0.05) is 63.2 Å². The van der Waals surface area contributed by atoms with Gasteiger partial charge in [0.15, 0.2) is 0 Å². The molecule has 7 heteroatoms. The molecule has 3 heterocycles. The Morgan fingerprint density at radius 1 is 1.38 bits per heavy atom. The number of hydrogen-bond acceptors (Lipinski definition) is 5. The molecule has 0 spiro atoms. The smallest absolute Gasteiger partial charge is 0.253 e. The lowest BCUT2D eigenvalue weighted by Gasteiger charge is -2.30. The summed E-state index contributed by atoms with van der Waals surface area (Å²) in [4.78, 5) is 20.0. The fraction of sp³-hybridized carbons (Fsp3) is 0.636. The van der Waals surface area contributed by atoms with E-state index < -0.39 is 0 Å². The predicted octanol–water partition coefficient (Wildman–Crippen LogP) is 2.25. The second-order valence-electron chi connectivity index (χ2n) is 8.13. The van der Waals surface area contributed by atoms with E-state index in [2.05, 4.69) is 28.2 Å². The number of rotatable bonds is 9. The van der Waals surface area contributed by atoms with Crippen molar-refractivity contribution in [2.24, 2.45) is 0 Å². The van der Waals surface area contributed by atoms with Gasteiger partial charge in [-0.2, -0.15) is 0 Å². The third kappa shape index (κ3) is 4.79. The van der Waals surface area contributed by atoms with Crippen LogP contribution in [-0.4, -0.2) is 65.9 Å². The number of nitrogens with one attached hydrogen (secondary N) is 1. The molecule has 1 amide bonds. The highest BCUT2D eigenvalue weighted by atomic mass is 16.5. The maximum atomic E-state index is 13.1. The molecule has 2 aromatic heterocycles. The Morgan fingerprint density at radius 3 is 2.97 bits per heavy atom. The number of aryl methyl sites for hydroxylation is 2. The lowest BCUT2D eigenvalue weighted by molar-refractivity contribution is -0.146. The first kappa shape index (κ1) is 20.3. The number of morpholine rings is 1. The van der Waals surface area contributed by atoms with E-state index in [4.69, 9.17) is 14.5 Å². The quantitative estimate of drug-likeness (QED) is 0.654. The molecule has 2 aliphatic rings. The van der Waals surface area contributed by atoms with Crippen molar-refractivity contribution in [1.29, 1.82) is 0 Å². The van der Waals surface area contributed by atoms with Crippen LogP contribution in [0, 0.1) is 6.92 Å². The largest absolute Gasteiger partial charge is 0.385 e. The zero-order chi connectivity index (χ0) is 20.2. The van der Waals surface area contributed by atoms with Crippen LogP contribution in [0.5, 0.6) is 0 Å². The van der Waals surface area contributed by atoms with E-state index in [1.807, 2.05) is 11.8 Å². The number of nitrogens with zero attached hydrogens (tertiary/aromatic N) is 3. The van der Waals surface area contributed by atoms with Gasteiger partial charge in [-0.15, -0.1) is 0 Å². The number of hydrogen-bond donors (Lipinski definition) is 1. The van der Waals surface area contributed by atoms with Gasteiger partial charge in [0.1, 0.15) is 11.8 Å². The fourth-order valence-corrected chi connectivity index (χ4v) is 4.02. The van der Waals surface area contributed by atoms with Crippen LogP contribution in [0.4, 0.5) is 0 Å². The van der Waals surface area contributed by atoms with Crippen molar-refractivity contribution in [1.82, 2.24) is 19.8 Å². The summed E-state index contributed by atoms with van der Waals surface area (Å²) in [5, 5.41) is 4.41. The SMILES string of the molecule is COCCCCn1cc(CN(C(=O)[C@H]2CNCCO2)C2CC2)c2ccc(C)nc21. The van der Waals surface area contributed by atoms with Crippen LogP contribution in [0.1, 0.15) is 36.9 Å². The molecule has 0 unspecified atom stereocenters. The second kappa shape index (κ2) is 9.24. The van der Waals surface area contributed by atoms with Gasteiger partial charge in [-0.3, -0.25) is 4.79 Å². The summed E-state index contributed by atoms with van der Waals surface area (Å²) in [5.41, 5.74) is 3.19. The Kier molecular flexibility index (Phi) is 6.47. The Bertz CT molecular complexity index is 840. The summed E-state index contributed by atoms with van der Waals surface area (Å²) >= 11 is 0. The standard InChI is InChI=1S/C22H32N4O3/c1-16-5-8-19-17(14-25(21(19)24-16)10-3-4-11-28-2)15-26(18-6-7-18)22(27)20-13-23-9-12-29-20/h5,8,14,18,20,23H,3-4,6-7,9-13,15H2,1-2H3/t20-/m1/s1. The number of carbonyl (C=O) groups is 1. The summed E-state index contributed by atoms with van der Waals surface area (Å²) < 4.78 is 13.2. The highest BCUT2D eigenvalue weighted by Crippen LogP contribution is 2.31. The van der Waals surface area contributed by atoms with E-state index in [1.165, 1.54) is 5.56 Å². The van der Waals surface area contributed by atoms with Gasteiger partial charge in [-0.1, -0.05) is 0 Å². The van der Waals surface area contributed by atoms with Crippen molar-refractivity contribution in [3.63, 3.8) is 0 Å². The van der Waals surface area contributed by atoms with Crippen molar-refractivity contribution in [3.05, 3.63) is 29.6 Å². The highest BCUT2D eigenvalue weighted by molar-refractivity contribution is 5.84. The van der Waals surface area contributed by atoms with Crippen molar-refractivity contribution in [3.8, 4) is 0 Å². The lowest BCUT2D eigenvalue weighted by atomic mass is 10.1. The number of pyridine rings is 1. The normalized spacial score (nSPS) is 19.6. The van der Waals surface area contributed by atoms with Gasteiger partial charge >= 0.3 is 0 Å². The van der Waals surface area contributed by atoms with Crippen molar-refractivity contribution in [2.45, 2.75) is 57.8 Å². The summed E-state index contributed by atoms with van der Waals surface area (Å²) in [6, 6.07) is 4.54. The van der Waals surface area contributed by atoms with E-state index in [-0.39, 0.29) is 12.0 Å². The summed E-state index contributed by atoms with van der Waals surface area (Å²) in [6.45, 7) is 6.34. The maximum absolute atomic E-state index is 13.1. The molecule has 7 nitrogen and oxygen atoms in total. The third-order valence-electron chi connectivity index (χ3n) is 5.76. The molecular weight excluding hydrogens is 368 g/mol. The number of carbonyl (C=O) groups excluding carboxylic acids is 1. The van der Waals surface area contributed by atoms with Crippen LogP contribution in [-0.2, 0) is 27.4 Å². The molecule has 1 N–H and O–H groups in total. The minimum absolute atomic E-state index is 0.112. The predicted molar refractivity (Wildman–Crippen MR) is 112 cm³/mol. The first-order valence-corrected chi connectivity index (χ1v) is 10.7. The number of amides is 1. The molecular formula is C22H32N4O3. The molecule has 0 bridgehead atoms. The molecule has 1 saturated carbocycles. The van der Waals surface area contributed by atoms with Crippen LogP contribution in [0.2, 0.25) is 0 Å². The minimum atomic E-state index is -0.368. The minimum Gasteiger partial charge on any atom is -0.385 e. The van der Waals surface area contributed by atoms with Crippen LogP contribution < -0.4 is 5.32 Å². The fourth-order valence-electron chi connectivity index (χ4n) is 4.02. The average Bonchev–Trinajstić information content (AvgIpc) is 3.53. The number of ether oxygens (including phenoxy) is 2. The van der Waals surface area contributed by atoms with E-state index in [0.717, 1.165) is 62.1 Å². The summed E-state index contributed by atoms with van der Waals surface area (Å²) in [6.07, 6.45) is 6.05. The zero-order valence-electron chi connectivity index (χ0n) is 17.5. The van der Waals surface area contributed by atoms with Crippen LogP contribution >= 0.6 is 0 Å². The van der Waals surface area contributed by atoms with Crippen molar-refractivity contribution < 1.29 is 14.3 Å². The van der Waals surface area contributed by atoms with Crippen molar-refractivity contribution in [2.75, 3.05) is 33.4 Å². The Hall–Kier alpha value is -1.96. The van der Waals surface area contributed by atoms with Gasteiger partial charge < -0.3 is 24.3 Å². The molecule has 0 aromatic carbocycles. The van der Waals surface area contributed by atoms with E-state index in [0.29, 0.717) is 25.7 Å². The Labute approximate surface area is 172 Å². The van der Waals surface area contributed by atoms with Crippen LogP contribution in [0.15, 0.2) is 18.3 Å². The Morgan fingerprint density at radius 2 is 2.24 bits per heavy atom. The van der Waals surface area contributed by atoms with Gasteiger partial charge in [0.2, 0.25) is 0 Å². The number of unbranched alkanes of at least 4 members (excludes halogenated alkanes) is 1. The van der Waals surface area contributed by atoms with E-state index in [1.54, 1.807) is 7.11 Å². The van der Waals surface area contributed by atoms with Gasteiger partial charge in [-0.05, 0) is 50.3 Å². The first-order valence-electron chi connectivity index (χ1n) is 10.7. The number of fused-ring (bicyclic) bond motifs is 1. The molecule has 1 atom stereocenters. The molecule has 1 aliphatic heterocycles. The topological polar surface area (TPSA) is 68.6 Å². The van der Waals surface area contributed by atoms with Crippen LogP contribution in [0.25, 0.3) is 11.0 Å². The number of aromatic nitrogens is 2. The first-order chi connectivity index (χ1) is 14.2. The molecule has 2 aromatic rings. The van der Waals surface area contributed by atoms with Gasteiger partial charge in [0.05, 0.1) is 6.61 Å². The molecule has 158 valence electrons. The molecule has 1 saturated heterocycles. The maximum Gasteiger partial charge on any atom is 0.253 e. The van der Waals surface area contributed by atoms with Gasteiger partial charge in [-0.25, -0.2) is 4.98 Å².